The summed E-state index contributed by atoms with van der Waals surface area (Å²) < 4.78 is 7.48. The van der Waals surface area contributed by atoms with Crippen LogP contribution in [0.5, 0.6) is 0 Å². The predicted molar refractivity (Wildman–Crippen MR) is 138 cm³/mol. The number of aromatic nitrogens is 5. The van der Waals surface area contributed by atoms with Gasteiger partial charge in [0.05, 0.1) is 30.8 Å². The van der Waals surface area contributed by atoms with E-state index in [0.29, 0.717) is 36.9 Å². The molecule has 1 saturated heterocycles. The van der Waals surface area contributed by atoms with Crippen molar-refractivity contribution in [1.82, 2.24) is 24.5 Å². The standard InChI is InChI=1S/C26H32N8O/c1-18-8-4-5-9-19(18)16-26(2,3)32-23-29-24(33-12-14-35-15-13-33)31-25(30-23)34-21-11-7-6-10-20(21)28-22(34)17-27/h4-11H,12-17,27H2,1-3H3,(H,29,30,31,32). The molecule has 3 N–H and O–H groups in total. The maximum atomic E-state index is 6.08. The number of ether oxygens (including phenoxy) is 1. The smallest absolute Gasteiger partial charge is 0.242 e. The largest absolute Gasteiger partial charge is 0.378 e. The number of anilines is 2. The molecule has 1 aliphatic rings. The van der Waals surface area contributed by atoms with Gasteiger partial charge in [-0.3, -0.25) is 4.57 Å². The summed E-state index contributed by atoms with van der Waals surface area (Å²) in [5.74, 6) is 2.35. The molecular formula is C26H32N8O. The average molecular weight is 473 g/mol. The molecule has 5 rings (SSSR count). The van der Waals surface area contributed by atoms with Gasteiger partial charge in [0.25, 0.3) is 0 Å². The predicted octanol–water partition coefficient (Wildman–Crippen LogP) is 3.25. The van der Waals surface area contributed by atoms with E-state index in [9.17, 15) is 0 Å². The van der Waals surface area contributed by atoms with Crippen molar-refractivity contribution in [3.8, 4) is 5.95 Å². The second-order valence-corrected chi connectivity index (χ2v) is 9.53. The van der Waals surface area contributed by atoms with Gasteiger partial charge in [0.2, 0.25) is 17.8 Å². The topological polar surface area (TPSA) is 107 Å². The van der Waals surface area contributed by atoms with Gasteiger partial charge in [-0.15, -0.1) is 0 Å². The van der Waals surface area contributed by atoms with Crippen LogP contribution in [-0.4, -0.2) is 56.3 Å². The second kappa shape index (κ2) is 9.59. The number of para-hydroxylation sites is 2. The zero-order chi connectivity index (χ0) is 24.4. The van der Waals surface area contributed by atoms with E-state index in [4.69, 9.17) is 30.4 Å². The van der Waals surface area contributed by atoms with Crippen molar-refractivity contribution >= 4 is 22.9 Å². The normalized spacial score (nSPS) is 14.5. The van der Waals surface area contributed by atoms with Gasteiger partial charge in [-0.25, -0.2) is 4.98 Å². The van der Waals surface area contributed by atoms with E-state index < -0.39 is 0 Å². The monoisotopic (exact) mass is 472 g/mol. The summed E-state index contributed by atoms with van der Waals surface area (Å²) >= 11 is 0. The zero-order valence-corrected chi connectivity index (χ0v) is 20.5. The molecule has 182 valence electrons. The number of hydrogen-bond donors (Lipinski definition) is 2. The summed E-state index contributed by atoms with van der Waals surface area (Å²) in [5.41, 5.74) is 10.1. The molecule has 0 amide bonds. The second-order valence-electron chi connectivity index (χ2n) is 9.53. The average Bonchev–Trinajstić information content (AvgIpc) is 3.24. The van der Waals surface area contributed by atoms with Crippen LogP contribution in [0.2, 0.25) is 0 Å². The van der Waals surface area contributed by atoms with Crippen molar-refractivity contribution in [2.75, 3.05) is 36.5 Å². The van der Waals surface area contributed by atoms with Crippen molar-refractivity contribution < 1.29 is 4.74 Å². The lowest BCUT2D eigenvalue weighted by Crippen LogP contribution is -2.39. The Morgan fingerprint density at radius 1 is 0.943 bits per heavy atom. The van der Waals surface area contributed by atoms with E-state index in [-0.39, 0.29) is 12.1 Å². The highest BCUT2D eigenvalue weighted by molar-refractivity contribution is 5.77. The number of hydrogen-bond acceptors (Lipinski definition) is 8. The molecule has 4 aromatic rings. The number of nitrogens with one attached hydrogen (secondary N) is 1. The molecule has 0 radical (unpaired) electrons. The van der Waals surface area contributed by atoms with Crippen LogP contribution in [0.15, 0.2) is 48.5 Å². The lowest BCUT2D eigenvalue weighted by atomic mass is 9.92. The maximum Gasteiger partial charge on any atom is 0.242 e. The highest BCUT2D eigenvalue weighted by Crippen LogP contribution is 2.25. The molecule has 3 heterocycles. The number of rotatable bonds is 7. The fraction of sp³-hybridized carbons (Fsp3) is 0.385. The van der Waals surface area contributed by atoms with Gasteiger partial charge in [0.15, 0.2) is 0 Å². The Kier molecular flexibility index (Phi) is 6.36. The molecule has 0 bridgehead atoms. The number of benzene rings is 2. The molecule has 9 heteroatoms. The minimum absolute atomic E-state index is 0.273. The van der Waals surface area contributed by atoms with Crippen LogP contribution in [0, 0.1) is 6.92 Å². The van der Waals surface area contributed by atoms with Gasteiger partial charge in [0.1, 0.15) is 5.82 Å². The first-order chi connectivity index (χ1) is 16.9. The molecule has 0 unspecified atom stereocenters. The highest BCUT2D eigenvalue weighted by atomic mass is 16.5. The molecule has 0 aliphatic carbocycles. The number of nitrogens with zero attached hydrogens (tertiary/aromatic N) is 6. The van der Waals surface area contributed by atoms with E-state index in [1.54, 1.807) is 0 Å². The SMILES string of the molecule is Cc1ccccc1CC(C)(C)Nc1nc(N2CCOCC2)nc(-n2c(CN)nc3ccccc32)n1. The van der Waals surface area contributed by atoms with Gasteiger partial charge < -0.3 is 20.7 Å². The summed E-state index contributed by atoms with van der Waals surface area (Å²) in [7, 11) is 0. The third-order valence-electron chi connectivity index (χ3n) is 6.26. The fourth-order valence-electron chi connectivity index (χ4n) is 4.48. The summed E-state index contributed by atoms with van der Waals surface area (Å²) in [6.45, 7) is 9.48. The first-order valence-corrected chi connectivity index (χ1v) is 12.0. The molecule has 1 aliphatic heterocycles. The summed E-state index contributed by atoms with van der Waals surface area (Å²) in [6, 6.07) is 16.4. The third kappa shape index (κ3) is 4.96. The van der Waals surface area contributed by atoms with E-state index in [2.05, 4.69) is 55.3 Å². The number of nitrogens with two attached hydrogens (primary N) is 1. The van der Waals surface area contributed by atoms with Gasteiger partial charge in [-0.1, -0.05) is 36.4 Å². The van der Waals surface area contributed by atoms with Crippen LogP contribution in [0.4, 0.5) is 11.9 Å². The third-order valence-corrected chi connectivity index (χ3v) is 6.26. The minimum Gasteiger partial charge on any atom is -0.378 e. The molecule has 0 saturated carbocycles. The fourth-order valence-corrected chi connectivity index (χ4v) is 4.48. The molecule has 1 fully saturated rings. The Labute approximate surface area is 205 Å². The van der Waals surface area contributed by atoms with Crippen molar-refractivity contribution in [3.63, 3.8) is 0 Å². The van der Waals surface area contributed by atoms with Crippen molar-refractivity contribution in [2.24, 2.45) is 5.73 Å². The van der Waals surface area contributed by atoms with E-state index in [0.717, 1.165) is 30.5 Å². The Morgan fingerprint density at radius 3 is 2.43 bits per heavy atom. The van der Waals surface area contributed by atoms with Crippen LogP contribution < -0.4 is 16.0 Å². The van der Waals surface area contributed by atoms with Crippen LogP contribution in [0.25, 0.3) is 17.0 Å². The lowest BCUT2D eigenvalue weighted by Gasteiger charge is -2.30. The molecule has 2 aromatic heterocycles. The number of morpholine rings is 1. The van der Waals surface area contributed by atoms with E-state index >= 15 is 0 Å². The van der Waals surface area contributed by atoms with Crippen LogP contribution in [0.3, 0.4) is 0 Å². The van der Waals surface area contributed by atoms with E-state index in [1.165, 1.54) is 11.1 Å². The van der Waals surface area contributed by atoms with Gasteiger partial charge in [-0.2, -0.15) is 15.0 Å². The quantitative estimate of drug-likeness (QED) is 0.422. The zero-order valence-electron chi connectivity index (χ0n) is 20.5. The van der Waals surface area contributed by atoms with Crippen molar-refractivity contribution in [2.45, 2.75) is 39.3 Å². The summed E-state index contributed by atoms with van der Waals surface area (Å²) in [4.78, 5) is 21.4. The molecular weight excluding hydrogens is 440 g/mol. The Hall–Kier alpha value is -3.56. The van der Waals surface area contributed by atoms with Gasteiger partial charge in [-0.05, 0) is 50.5 Å². The highest BCUT2D eigenvalue weighted by Gasteiger charge is 2.24. The Balaban J connectivity index is 1.57. The minimum atomic E-state index is -0.291. The van der Waals surface area contributed by atoms with E-state index in [1.807, 2.05) is 28.8 Å². The lowest BCUT2D eigenvalue weighted by molar-refractivity contribution is 0.122. The molecule has 0 spiro atoms. The number of fused-ring (bicyclic) bond motifs is 1. The maximum absolute atomic E-state index is 6.08. The van der Waals surface area contributed by atoms with Gasteiger partial charge in [0, 0.05) is 18.6 Å². The molecule has 0 atom stereocenters. The Bertz CT molecular complexity index is 1330. The first kappa shape index (κ1) is 23.2. The van der Waals surface area contributed by atoms with Crippen LogP contribution >= 0.6 is 0 Å². The van der Waals surface area contributed by atoms with Crippen molar-refractivity contribution in [1.29, 1.82) is 0 Å². The summed E-state index contributed by atoms with van der Waals surface area (Å²) in [6.07, 6.45) is 0.829. The summed E-state index contributed by atoms with van der Waals surface area (Å²) in [5, 5.41) is 3.58. The molecule has 2 aromatic carbocycles. The molecule has 35 heavy (non-hydrogen) atoms. The molecule has 9 nitrogen and oxygen atoms in total. The van der Waals surface area contributed by atoms with Crippen molar-refractivity contribution in [3.05, 3.63) is 65.5 Å². The number of imidazole rings is 1. The van der Waals surface area contributed by atoms with Gasteiger partial charge >= 0.3 is 0 Å². The van der Waals surface area contributed by atoms with Crippen LogP contribution in [-0.2, 0) is 17.7 Å². The van der Waals surface area contributed by atoms with Crippen LogP contribution in [0.1, 0.15) is 30.8 Å². The first-order valence-electron chi connectivity index (χ1n) is 12.0. The number of aryl methyl sites for hydroxylation is 1. The Morgan fingerprint density at radius 2 is 1.66 bits per heavy atom.